The topological polar surface area (TPSA) is 84.0 Å². The summed E-state index contributed by atoms with van der Waals surface area (Å²) in [5, 5.41) is 4.16. The molecule has 0 saturated heterocycles. The van der Waals surface area contributed by atoms with Gasteiger partial charge in [-0.25, -0.2) is 18.1 Å². The number of aromatic nitrogens is 2. The molecule has 0 atom stereocenters. The highest BCUT2D eigenvalue weighted by Crippen LogP contribution is 2.34. The van der Waals surface area contributed by atoms with Crippen molar-refractivity contribution in [3.05, 3.63) is 28.9 Å². The maximum atomic E-state index is 12.7. The number of nitrogens with zero attached hydrogens (tertiary/aromatic N) is 2. The number of hydrogen-bond acceptors (Lipinski definition) is 6. The highest BCUT2D eigenvalue weighted by molar-refractivity contribution is 7.90. The third-order valence-electron chi connectivity index (χ3n) is 5.67. The maximum Gasteiger partial charge on any atom is 0.433 e. The van der Waals surface area contributed by atoms with Gasteiger partial charge >= 0.3 is 6.18 Å². The molecule has 0 unspecified atom stereocenters. The van der Waals surface area contributed by atoms with Crippen molar-refractivity contribution < 1.29 is 21.6 Å². The first-order valence-corrected chi connectivity index (χ1v) is 12.8. The lowest BCUT2D eigenvalue weighted by atomic mass is 9.86. The van der Waals surface area contributed by atoms with Crippen molar-refractivity contribution in [3.8, 4) is 11.3 Å². The van der Waals surface area contributed by atoms with E-state index in [4.69, 9.17) is 0 Å². The number of aryl methyl sites for hydroxylation is 1. The number of thiazole rings is 1. The van der Waals surface area contributed by atoms with Crippen LogP contribution in [0.25, 0.3) is 11.3 Å². The van der Waals surface area contributed by atoms with E-state index >= 15 is 0 Å². The summed E-state index contributed by atoms with van der Waals surface area (Å²) in [6.07, 6.45) is 0.357. The Balaban J connectivity index is 1.55. The van der Waals surface area contributed by atoms with Gasteiger partial charge in [0.2, 0.25) is 10.0 Å². The monoisotopic (exact) mass is 490 g/mol. The second kappa shape index (κ2) is 9.26. The second-order valence-corrected chi connectivity index (χ2v) is 12.9. The molecule has 2 aromatic rings. The summed E-state index contributed by atoms with van der Waals surface area (Å²) < 4.78 is 64.6. The van der Waals surface area contributed by atoms with Gasteiger partial charge in [-0.15, -0.1) is 11.3 Å². The van der Waals surface area contributed by atoms with Gasteiger partial charge in [0.1, 0.15) is 5.69 Å². The summed E-state index contributed by atoms with van der Waals surface area (Å²) in [4.78, 5) is 9.00. The van der Waals surface area contributed by atoms with Crippen LogP contribution in [0.2, 0.25) is 0 Å². The Labute approximate surface area is 191 Å². The molecule has 178 valence electrons. The van der Waals surface area contributed by atoms with E-state index < -0.39 is 26.6 Å². The van der Waals surface area contributed by atoms with Gasteiger partial charge in [-0.05, 0) is 71.4 Å². The molecule has 1 aliphatic rings. The minimum Gasteiger partial charge on any atom is -0.359 e. The van der Waals surface area contributed by atoms with Crippen LogP contribution in [0.1, 0.15) is 57.0 Å². The summed E-state index contributed by atoms with van der Waals surface area (Å²) in [6, 6.07) is 2.59. The first-order valence-electron chi connectivity index (χ1n) is 10.5. The molecule has 0 bridgehead atoms. The Morgan fingerprint density at radius 2 is 1.78 bits per heavy atom. The lowest BCUT2D eigenvalue weighted by molar-refractivity contribution is -0.141. The highest BCUT2D eigenvalue weighted by Gasteiger charge is 2.32. The predicted octanol–water partition coefficient (Wildman–Crippen LogP) is 5.22. The average Bonchev–Trinajstić information content (AvgIpc) is 3.06. The fourth-order valence-electron chi connectivity index (χ4n) is 3.56. The van der Waals surface area contributed by atoms with E-state index in [1.807, 2.05) is 6.92 Å². The van der Waals surface area contributed by atoms with Crippen molar-refractivity contribution in [1.29, 1.82) is 0 Å². The first-order chi connectivity index (χ1) is 14.8. The number of alkyl halides is 3. The molecule has 0 spiro atoms. The van der Waals surface area contributed by atoms with Crippen LogP contribution in [0.3, 0.4) is 0 Å². The summed E-state index contributed by atoms with van der Waals surface area (Å²) in [7, 11) is -3.34. The van der Waals surface area contributed by atoms with Crippen molar-refractivity contribution in [2.24, 2.45) is 5.92 Å². The maximum absolute atomic E-state index is 12.7. The molecule has 1 fully saturated rings. The molecule has 0 amide bonds. The van der Waals surface area contributed by atoms with Crippen molar-refractivity contribution in [3.63, 3.8) is 0 Å². The van der Waals surface area contributed by atoms with Gasteiger partial charge < -0.3 is 5.32 Å². The average molecular weight is 491 g/mol. The largest absolute Gasteiger partial charge is 0.433 e. The molecule has 2 N–H and O–H groups in total. The number of halogens is 3. The van der Waals surface area contributed by atoms with Crippen LogP contribution in [0.4, 0.5) is 18.3 Å². The second-order valence-electron chi connectivity index (χ2n) is 9.18. The normalized spacial score (nSPS) is 20.3. The van der Waals surface area contributed by atoms with Crippen molar-refractivity contribution in [1.82, 2.24) is 14.7 Å². The van der Waals surface area contributed by atoms with Gasteiger partial charge in [0.15, 0.2) is 5.13 Å². The van der Waals surface area contributed by atoms with Gasteiger partial charge in [0.25, 0.3) is 0 Å². The van der Waals surface area contributed by atoms with E-state index in [2.05, 4.69) is 20.0 Å². The SMILES string of the molecule is Cc1sc(NC2CCC(CNS(=O)(=O)C(C)(C)C)CC2)nc1-c1ccc(C(F)(F)F)nc1. The molecule has 2 aromatic heterocycles. The molecule has 32 heavy (non-hydrogen) atoms. The van der Waals surface area contributed by atoms with Crippen LogP contribution >= 0.6 is 11.3 Å². The molecule has 1 saturated carbocycles. The molecule has 0 aromatic carbocycles. The third kappa shape index (κ3) is 5.99. The lowest BCUT2D eigenvalue weighted by Crippen LogP contribution is -2.42. The molecule has 3 rings (SSSR count). The molecule has 2 heterocycles. The standard InChI is InChI=1S/C21H29F3N4O2S2/c1-13-18(15-7-10-17(25-12-15)21(22,23)24)28-19(31-13)27-16-8-5-14(6-9-16)11-26-32(29,30)20(2,3)4/h7,10,12,14,16,26H,5-6,8-9,11H2,1-4H3,(H,27,28). The van der Waals surface area contributed by atoms with E-state index in [-0.39, 0.29) is 6.04 Å². The quantitative estimate of drug-likeness (QED) is 0.580. The van der Waals surface area contributed by atoms with Crippen LogP contribution in [0, 0.1) is 12.8 Å². The Hall–Kier alpha value is -1.72. The van der Waals surface area contributed by atoms with E-state index in [1.165, 1.54) is 23.6 Å². The molecule has 11 heteroatoms. The molecule has 0 aliphatic heterocycles. The molecule has 1 aliphatic carbocycles. The Morgan fingerprint density at radius 3 is 2.31 bits per heavy atom. The number of anilines is 1. The zero-order chi connectivity index (χ0) is 23.7. The van der Waals surface area contributed by atoms with Gasteiger partial charge in [-0.2, -0.15) is 13.2 Å². The van der Waals surface area contributed by atoms with Crippen LogP contribution in [-0.2, 0) is 16.2 Å². The van der Waals surface area contributed by atoms with Gasteiger partial charge in [-0.3, -0.25) is 4.98 Å². The molecular weight excluding hydrogens is 461 g/mol. The summed E-state index contributed by atoms with van der Waals surface area (Å²) in [5.74, 6) is 0.303. The molecule has 6 nitrogen and oxygen atoms in total. The van der Waals surface area contributed by atoms with Crippen molar-refractivity contribution in [2.45, 2.75) is 70.3 Å². The zero-order valence-corrected chi connectivity index (χ0v) is 20.2. The minimum absolute atomic E-state index is 0.231. The van der Waals surface area contributed by atoms with E-state index in [0.29, 0.717) is 23.7 Å². The van der Waals surface area contributed by atoms with Gasteiger partial charge in [-0.1, -0.05) is 0 Å². The zero-order valence-electron chi connectivity index (χ0n) is 18.6. The smallest absolute Gasteiger partial charge is 0.359 e. The van der Waals surface area contributed by atoms with Crippen molar-refractivity contribution >= 4 is 26.5 Å². The number of rotatable bonds is 6. The van der Waals surface area contributed by atoms with Gasteiger partial charge in [0, 0.05) is 29.2 Å². The third-order valence-corrected chi connectivity index (χ3v) is 8.73. The van der Waals surface area contributed by atoms with E-state index in [9.17, 15) is 21.6 Å². The Kier molecular flexibility index (Phi) is 7.21. The number of sulfonamides is 1. The van der Waals surface area contributed by atoms with E-state index in [1.54, 1.807) is 20.8 Å². The minimum atomic E-state index is -4.46. The van der Waals surface area contributed by atoms with E-state index in [0.717, 1.165) is 41.8 Å². The molecule has 0 radical (unpaired) electrons. The Morgan fingerprint density at radius 1 is 1.12 bits per heavy atom. The van der Waals surface area contributed by atoms with Crippen LogP contribution in [-0.4, -0.2) is 35.7 Å². The number of pyridine rings is 1. The fourth-order valence-corrected chi connectivity index (χ4v) is 5.36. The van der Waals surface area contributed by atoms with Gasteiger partial charge in [0.05, 0.1) is 10.4 Å². The first kappa shape index (κ1) is 24.9. The van der Waals surface area contributed by atoms with Crippen molar-refractivity contribution in [2.75, 3.05) is 11.9 Å². The summed E-state index contributed by atoms with van der Waals surface area (Å²) in [5.41, 5.74) is 0.257. The Bertz CT molecular complexity index is 1020. The summed E-state index contributed by atoms with van der Waals surface area (Å²) >= 11 is 1.47. The highest BCUT2D eigenvalue weighted by atomic mass is 32.2. The summed E-state index contributed by atoms with van der Waals surface area (Å²) in [6.45, 7) is 7.38. The number of hydrogen-bond donors (Lipinski definition) is 2. The predicted molar refractivity (Wildman–Crippen MR) is 121 cm³/mol. The molecular formula is C21H29F3N4O2S2. The van der Waals surface area contributed by atoms with Crippen LogP contribution in [0.5, 0.6) is 0 Å². The fraction of sp³-hybridized carbons (Fsp3) is 0.619. The van der Waals surface area contributed by atoms with Crippen LogP contribution < -0.4 is 10.0 Å². The number of nitrogens with one attached hydrogen (secondary N) is 2. The lowest BCUT2D eigenvalue weighted by Gasteiger charge is -2.30. The van der Waals surface area contributed by atoms with Crippen LogP contribution in [0.15, 0.2) is 18.3 Å².